The molecule has 0 aliphatic carbocycles. The highest BCUT2D eigenvalue weighted by atomic mass is 16.3. The van der Waals surface area contributed by atoms with Crippen molar-refractivity contribution >= 4 is 87.1 Å². The van der Waals surface area contributed by atoms with Gasteiger partial charge in [-0.15, -0.1) is 0 Å². The van der Waals surface area contributed by atoms with E-state index in [0.717, 1.165) is 93.6 Å². The first-order valence-corrected chi connectivity index (χ1v) is 21.9. The number of nitrogens with zero attached hydrogens (tertiary/aromatic N) is 5. The van der Waals surface area contributed by atoms with Gasteiger partial charge in [-0.05, 0) is 88.3 Å². The molecule has 0 aliphatic heterocycles. The Kier molecular flexibility index (Phi) is 7.59. The molecule has 4 heterocycles. The third-order valence-corrected chi connectivity index (χ3v) is 13.1. The van der Waals surface area contributed by atoms with Crippen molar-refractivity contribution in [2.45, 2.75) is 0 Å². The fraction of sp³-hybridized carbons (Fsp3) is 0. The van der Waals surface area contributed by atoms with Gasteiger partial charge in [0.05, 0.1) is 33.1 Å². The van der Waals surface area contributed by atoms with Gasteiger partial charge in [-0.3, -0.25) is 0 Å². The average Bonchev–Trinajstić information content (AvgIpc) is 4.03. The molecule has 65 heavy (non-hydrogen) atoms. The van der Waals surface area contributed by atoms with E-state index in [1.807, 2.05) is 12.1 Å². The van der Waals surface area contributed by atoms with Crippen molar-refractivity contribution in [1.82, 2.24) is 24.1 Å². The number of fused-ring (bicyclic) bond motifs is 11. The van der Waals surface area contributed by atoms with Crippen LogP contribution in [0.4, 0.5) is 0 Å². The first-order chi connectivity index (χ1) is 32.2. The Bertz CT molecular complexity index is 4250. The number of furan rings is 1. The van der Waals surface area contributed by atoms with Gasteiger partial charge in [-0.1, -0.05) is 146 Å². The van der Waals surface area contributed by atoms with Crippen LogP contribution in [-0.2, 0) is 0 Å². The Morgan fingerprint density at radius 3 is 1.75 bits per heavy atom. The first kappa shape index (κ1) is 35.7. The van der Waals surface area contributed by atoms with Crippen molar-refractivity contribution in [2.24, 2.45) is 0 Å². The van der Waals surface area contributed by atoms with Crippen LogP contribution in [0.2, 0.25) is 0 Å². The largest absolute Gasteiger partial charge is 0.456 e. The van der Waals surface area contributed by atoms with Gasteiger partial charge < -0.3 is 13.6 Å². The quantitative estimate of drug-likeness (QED) is 0.173. The number of aromatic nitrogens is 5. The fourth-order valence-corrected chi connectivity index (χ4v) is 10.2. The molecule has 0 amide bonds. The molecule has 0 atom stereocenters. The molecule has 302 valence electrons. The highest BCUT2D eigenvalue weighted by molar-refractivity contribution is 6.18. The van der Waals surface area contributed by atoms with Gasteiger partial charge in [0.15, 0.2) is 17.5 Å². The Balaban J connectivity index is 1.08. The van der Waals surface area contributed by atoms with E-state index in [-0.39, 0.29) is 0 Å². The minimum absolute atomic E-state index is 0.553. The maximum absolute atomic E-state index is 6.79. The number of hydrogen-bond donors (Lipinski definition) is 0. The molecule has 0 bridgehead atoms. The molecule has 14 rings (SSSR count). The number of rotatable bonds is 5. The Hall–Kier alpha value is -8.87. The van der Waals surface area contributed by atoms with E-state index >= 15 is 0 Å². The number of hydrogen-bond acceptors (Lipinski definition) is 4. The van der Waals surface area contributed by atoms with Gasteiger partial charge >= 0.3 is 0 Å². The van der Waals surface area contributed by atoms with E-state index in [9.17, 15) is 0 Å². The second-order valence-corrected chi connectivity index (χ2v) is 16.8. The standard InChI is InChI=1S/C59H35N5O/c1-2-19-42(20-3-1)63-49-26-12-9-22-44(49)55-46(24-14-27-50(55)63)59-61-57(40-30-29-36-15-4-5-16-37(36)31-40)60-58(62-59)41-34-52(56-45-23-10-13-28-53(45)65-54(56)35-41)64-48-25-11-8-21-43(48)47-32-38-17-6-7-18-39(38)33-51(47)64/h1-35H. The van der Waals surface area contributed by atoms with Crippen molar-refractivity contribution in [2.75, 3.05) is 0 Å². The van der Waals surface area contributed by atoms with Crippen LogP contribution in [-0.4, -0.2) is 24.1 Å². The highest BCUT2D eigenvalue weighted by Crippen LogP contribution is 2.43. The summed E-state index contributed by atoms with van der Waals surface area (Å²) < 4.78 is 11.5. The van der Waals surface area contributed by atoms with Crippen molar-refractivity contribution in [3.05, 3.63) is 212 Å². The average molecular weight is 830 g/mol. The molecule has 0 aliphatic rings. The summed E-state index contributed by atoms with van der Waals surface area (Å²) in [7, 11) is 0. The third-order valence-electron chi connectivity index (χ3n) is 13.1. The van der Waals surface area contributed by atoms with E-state index in [4.69, 9.17) is 19.4 Å². The molecular formula is C59H35N5O. The summed E-state index contributed by atoms with van der Waals surface area (Å²) >= 11 is 0. The summed E-state index contributed by atoms with van der Waals surface area (Å²) in [5.41, 5.74) is 10.7. The van der Waals surface area contributed by atoms with Crippen LogP contribution < -0.4 is 0 Å². The highest BCUT2D eigenvalue weighted by Gasteiger charge is 2.23. The van der Waals surface area contributed by atoms with Crippen LogP contribution >= 0.6 is 0 Å². The molecule has 10 aromatic carbocycles. The zero-order chi connectivity index (χ0) is 42.6. The first-order valence-electron chi connectivity index (χ1n) is 21.9. The normalized spacial score (nSPS) is 12.0. The number of benzene rings is 10. The molecule has 6 nitrogen and oxygen atoms in total. The van der Waals surface area contributed by atoms with Gasteiger partial charge in [0.2, 0.25) is 0 Å². The zero-order valence-corrected chi connectivity index (χ0v) is 34.9. The van der Waals surface area contributed by atoms with E-state index in [1.54, 1.807) is 0 Å². The smallest absolute Gasteiger partial charge is 0.164 e. The SMILES string of the molecule is c1ccc(-n2c3ccccc3c3c(-c4nc(-c5ccc6ccccc6c5)nc(-c5cc(-n6c7ccccc7c7cc8ccccc8cc76)c6c(c5)oc5ccccc56)n4)cccc32)cc1. The van der Waals surface area contributed by atoms with Gasteiger partial charge in [-0.25, -0.2) is 15.0 Å². The minimum Gasteiger partial charge on any atom is -0.456 e. The van der Waals surface area contributed by atoms with E-state index in [0.29, 0.717) is 17.5 Å². The molecule has 0 N–H and O–H groups in total. The van der Waals surface area contributed by atoms with Crippen LogP contribution in [0.3, 0.4) is 0 Å². The predicted molar refractivity (Wildman–Crippen MR) is 267 cm³/mol. The summed E-state index contributed by atoms with van der Waals surface area (Å²) in [6, 6.07) is 75.0. The second kappa shape index (κ2) is 13.8. The zero-order valence-electron chi connectivity index (χ0n) is 34.9. The van der Waals surface area contributed by atoms with Crippen molar-refractivity contribution in [3.8, 4) is 45.5 Å². The minimum atomic E-state index is 0.553. The lowest BCUT2D eigenvalue weighted by Gasteiger charge is -2.14. The Labute approximate surface area is 371 Å². The van der Waals surface area contributed by atoms with Gasteiger partial charge in [-0.2, -0.15) is 0 Å². The molecule has 4 aromatic heterocycles. The predicted octanol–water partition coefficient (Wildman–Crippen LogP) is 15.3. The number of para-hydroxylation sites is 4. The fourth-order valence-electron chi connectivity index (χ4n) is 10.2. The topological polar surface area (TPSA) is 61.7 Å². The van der Waals surface area contributed by atoms with Crippen LogP contribution in [0.15, 0.2) is 217 Å². The maximum atomic E-state index is 6.79. The van der Waals surface area contributed by atoms with Gasteiger partial charge in [0.25, 0.3) is 0 Å². The lowest BCUT2D eigenvalue weighted by Crippen LogP contribution is -2.02. The molecule has 0 saturated carbocycles. The molecule has 14 aromatic rings. The molecule has 0 saturated heterocycles. The van der Waals surface area contributed by atoms with Crippen LogP contribution in [0.5, 0.6) is 0 Å². The Morgan fingerprint density at radius 1 is 0.323 bits per heavy atom. The summed E-state index contributed by atoms with van der Waals surface area (Å²) in [5.74, 6) is 1.74. The Morgan fingerprint density at radius 2 is 0.938 bits per heavy atom. The maximum Gasteiger partial charge on any atom is 0.164 e. The van der Waals surface area contributed by atoms with E-state index < -0.39 is 0 Å². The third kappa shape index (κ3) is 5.44. The molecule has 6 heteroatoms. The summed E-state index contributed by atoms with van der Waals surface area (Å²) in [6.07, 6.45) is 0. The molecular weight excluding hydrogens is 795 g/mol. The summed E-state index contributed by atoms with van der Waals surface area (Å²) in [4.78, 5) is 16.2. The summed E-state index contributed by atoms with van der Waals surface area (Å²) in [6.45, 7) is 0. The van der Waals surface area contributed by atoms with Crippen molar-refractivity contribution < 1.29 is 4.42 Å². The molecule has 0 radical (unpaired) electrons. The molecule has 0 fully saturated rings. The lowest BCUT2D eigenvalue weighted by molar-refractivity contribution is 0.669. The van der Waals surface area contributed by atoms with Crippen LogP contribution in [0.25, 0.3) is 133 Å². The van der Waals surface area contributed by atoms with Crippen molar-refractivity contribution in [1.29, 1.82) is 0 Å². The van der Waals surface area contributed by atoms with Crippen LogP contribution in [0.1, 0.15) is 0 Å². The van der Waals surface area contributed by atoms with Gasteiger partial charge in [0, 0.05) is 49.3 Å². The van der Waals surface area contributed by atoms with Gasteiger partial charge in [0.1, 0.15) is 11.2 Å². The van der Waals surface area contributed by atoms with Crippen molar-refractivity contribution in [3.63, 3.8) is 0 Å². The lowest BCUT2D eigenvalue weighted by atomic mass is 10.0. The molecule has 0 unspecified atom stereocenters. The monoisotopic (exact) mass is 829 g/mol. The van der Waals surface area contributed by atoms with Crippen LogP contribution in [0, 0.1) is 0 Å². The second-order valence-electron chi connectivity index (χ2n) is 16.8. The van der Waals surface area contributed by atoms with E-state index in [2.05, 4.69) is 209 Å². The summed E-state index contributed by atoms with van der Waals surface area (Å²) in [5, 5.41) is 11.3. The molecule has 0 spiro atoms. The van der Waals surface area contributed by atoms with E-state index in [1.165, 1.54) is 21.5 Å².